The summed E-state index contributed by atoms with van der Waals surface area (Å²) < 4.78 is 26.1. The molecule has 10 nitrogen and oxygen atoms in total. The number of aromatic nitrogens is 7. The first-order chi connectivity index (χ1) is 56.6. The zero-order valence-corrected chi connectivity index (χ0v) is 61.1. The van der Waals surface area contributed by atoms with Crippen LogP contribution < -0.4 is 0 Å². The van der Waals surface area contributed by atoms with Crippen LogP contribution in [0.2, 0.25) is 0 Å². The van der Waals surface area contributed by atoms with Crippen molar-refractivity contribution in [2.75, 3.05) is 0 Å². The summed E-state index contributed by atoms with van der Waals surface area (Å²) >= 11 is 0. The fraction of sp³-hybridized carbons (Fsp3) is 0. The van der Waals surface area contributed by atoms with E-state index in [4.69, 9.17) is 33.2 Å². The quantitative estimate of drug-likeness (QED) is 0.149. The number of para-hydroxylation sites is 1. The molecule has 0 radical (unpaired) electrons. The monoisotopic (exact) mass is 1460 g/mol. The summed E-state index contributed by atoms with van der Waals surface area (Å²) in [5, 5.41) is 10.8. The van der Waals surface area contributed by atoms with Gasteiger partial charge in [-0.1, -0.05) is 285 Å². The Labute approximate surface area is 652 Å². The van der Waals surface area contributed by atoms with E-state index in [-0.39, 0.29) is 0 Å². The van der Waals surface area contributed by atoms with E-state index >= 15 is 0 Å². The molecule has 0 unspecified atom stereocenters. The Hall–Kier alpha value is -15.5. The maximum atomic E-state index is 6.45. The van der Waals surface area contributed by atoms with Crippen LogP contribution in [-0.2, 0) is 0 Å². The van der Waals surface area contributed by atoms with E-state index in [0.717, 1.165) is 123 Å². The highest BCUT2D eigenvalue weighted by molar-refractivity contribution is 6.31. The topological polar surface area (TPSA) is 106 Å². The van der Waals surface area contributed by atoms with Crippen LogP contribution in [0.15, 0.2) is 383 Å². The van der Waals surface area contributed by atoms with Crippen LogP contribution in [0, 0.1) is 0 Å². The van der Waals surface area contributed by atoms with Crippen molar-refractivity contribution in [3.05, 3.63) is 370 Å². The van der Waals surface area contributed by atoms with Crippen LogP contribution in [-0.4, -0.2) is 33.6 Å². The molecule has 0 fully saturated rings. The van der Waals surface area contributed by atoms with Crippen molar-refractivity contribution in [3.63, 3.8) is 0 Å². The summed E-state index contributed by atoms with van der Waals surface area (Å²) in [6, 6.07) is 127. The fourth-order valence-corrected chi connectivity index (χ4v) is 18.7. The molecule has 0 saturated carbocycles. The van der Waals surface area contributed by atoms with Gasteiger partial charge in [0.15, 0.2) is 11.6 Å². The lowest BCUT2D eigenvalue weighted by molar-refractivity contribution is 0.668. The predicted octanol–water partition coefficient (Wildman–Crippen LogP) is 27.4. The molecule has 114 heavy (non-hydrogen) atoms. The lowest BCUT2D eigenvalue weighted by atomic mass is 9.95. The number of nitrogens with zero attached hydrogens (tertiary/aromatic N) is 7. The lowest BCUT2D eigenvalue weighted by Crippen LogP contribution is -2.08. The molecule has 3 aliphatic rings. The van der Waals surface area contributed by atoms with E-state index in [1.54, 1.807) is 0 Å². The van der Waals surface area contributed by atoms with Gasteiger partial charge in [0.05, 0.1) is 33.6 Å². The van der Waals surface area contributed by atoms with Crippen molar-refractivity contribution >= 4 is 98.5 Å². The standard InChI is InChI=1S/C41H24N4O.C32H19NO.C31H18N2O/c1-4-13-25(14-5-1)38-37-30-21-12-24-33-36(30)35-29(20-11-23-32(35)46-33)28-19-10-22-31(34(28)37)45(38)41-43-39(26-15-6-2-7-16-26)42-40(44-41)27-17-8-3-9-18-27;1-3-10-20(11-4-1)32-31-24-16-9-19-27-30(24)29-23(15-8-18-26(29)34-27)22-14-7-17-25(28(22)31)33(32)21-12-5-2-6-13-21;1-2-9-19(10-3-1)31-30-22-13-8-16-25-29(22)28-21(12-7-15-24(28)34-25)20-11-6-14-23(27(20)30)33(31)26-17-4-5-18-32-26/h1-24H;1-19H;1-18H. The first kappa shape index (κ1) is 63.4. The summed E-state index contributed by atoms with van der Waals surface area (Å²) in [5.74, 6) is 2.73. The number of hydrogen-bond acceptors (Lipinski definition) is 7. The van der Waals surface area contributed by atoms with E-state index in [9.17, 15) is 0 Å². The molecule has 530 valence electrons. The molecule has 0 aliphatic heterocycles. The van der Waals surface area contributed by atoms with Gasteiger partial charge in [0.1, 0.15) is 39.3 Å². The molecule has 10 heteroatoms. The predicted molar refractivity (Wildman–Crippen MR) is 463 cm³/mol. The summed E-state index contributed by atoms with van der Waals surface area (Å²) in [4.78, 5) is 20.2. The van der Waals surface area contributed by atoms with Crippen molar-refractivity contribution in [1.29, 1.82) is 0 Å². The lowest BCUT2D eigenvalue weighted by Gasteiger charge is -2.14. The molecule has 0 bridgehead atoms. The van der Waals surface area contributed by atoms with Crippen LogP contribution in [0.5, 0.6) is 0 Å². The molecule has 0 saturated heterocycles. The average molecular weight is 1460 g/mol. The Morgan fingerprint density at radius 1 is 0.202 bits per heavy atom. The minimum Gasteiger partial charge on any atom is -0.456 e. The summed E-state index contributed by atoms with van der Waals surface area (Å²) in [7, 11) is 0. The van der Waals surface area contributed by atoms with Crippen LogP contribution in [0.4, 0.5) is 0 Å². The molecule has 0 N–H and O–H groups in total. The molecule has 15 aromatic carbocycles. The Morgan fingerprint density at radius 2 is 0.482 bits per heavy atom. The zero-order chi connectivity index (χ0) is 74.6. The first-order valence-corrected chi connectivity index (χ1v) is 38.5. The Kier molecular flexibility index (Phi) is 13.9. The summed E-state index contributed by atoms with van der Waals surface area (Å²) in [6.07, 6.45) is 1.86. The third kappa shape index (κ3) is 9.36. The van der Waals surface area contributed by atoms with E-state index in [0.29, 0.717) is 17.6 Å². The van der Waals surface area contributed by atoms with Gasteiger partial charge in [0.25, 0.3) is 0 Å². The van der Waals surface area contributed by atoms with Crippen LogP contribution in [0.25, 0.3) is 239 Å². The number of pyridine rings is 1. The van der Waals surface area contributed by atoms with Gasteiger partial charge in [-0.15, -0.1) is 0 Å². The molecule has 0 spiro atoms. The zero-order valence-electron chi connectivity index (χ0n) is 61.1. The Bertz CT molecular complexity index is 7530. The number of fused-ring (bicyclic) bond motifs is 6. The van der Waals surface area contributed by atoms with Gasteiger partial charge < -0.3 is 17.8 Å². The highest BCUT2D eigenvalue weighted by atomic mass is 16.3. The van der Waals surface area contributed by atoms with Gasteiger partial charge in [0.2, 0.25) is 5.95 Å². The van der Waals surface area contributed by atoms with Gasteiger partial charge in [-0.3, -0.25) is 9.13 Å². The molecule has 26 rings (SSSR count). The first-order valence-electron chi connectivity index (χ1n) is 38.5. The van der Waals surface area contributed by atoms with Gasteiger partial charge >= 0.3 is 0 Å². The minimum absolute atomic E-state index is 0.568. The summed E-state index contributed by atoms with van der Waals surface area (Å²) in [6.45, 7) is 0. The molecular formula is C104H61N7O3. The number of furan rings is 3. The van der Waals surface area contributed by atoms with Crippen LogP contribution in [0.3, 0.4) is 0 Å². The van der Waals surface area contributed by atoms with Crippen molar-refractivity contribution in [2.24, 2.45) is 0 Å². The van der Waals surface area contributed by atoms with Crippen molar-refractivity contribution in [3.8, 4) is 141 Å². The van der Waals surface area contributed by atoms with Crippen molar-refractivity contribution < 1.29 is 13.3 Å². The van der Waals surface area contributed by atoms with E-state index < -0.39 is 0 Å². The largest absolute Gasteiger partial charge is 0.456 e. The second-order valence-corrected chi connectivity index (χ2v) is 29.3. The molecule has 3 aliphatic carbocycles. The number of rotatable bonds is 8. The van der Waals surface area contributed by atoms with E-state index in [1.165, 1.54) is 99.0 Å². The summed E-state index contributed by atoms with van der Waals surface area (Å²) in [5.41, 5.74) is 33.2. The molecule has 0 atom stereocenters. The van der Waals surface area contributed by atoms with Crippen LogP contribution >= 0.6 is 0 Å². The highest BCUT2D eigenvalue weighted by Crippen LogP contribution is 2.58. The maximum Gasteiger partial charge on any atom is 0.238 e. The molecule has 8 aromatic heterocycles. The van der Waals surface area contributed by atoms with Gasteiger partial charge in [-0.2, -0.15) is 9.97 Å². The third-order valence-corrected chi connectivity index (χ3v) is 23.1. The average Bonchev–Trinajstić information content (AvgIpc) is 1.55. The van der Waals surface area contributed by atoms with Crippen molar-refractivity contribution in [1.82, 2.24) is 33.6 Å². The number of benzene rings is 15. The van der Waals surface area contributed by atoms with Crippen molar-refractivity contribution in [2.45, 2.75) is 0 Å². The highest BCUT2D eigenvalue weighted by Gasteiger charge is 2.35. The second-order valence-electron chi connectivity index (χ2n) is 29.3. The van der Waals surface area contributed by atoms with Gasteiger partial charge in [-0.05, 0) is 146 Å². The van der Waals surface area contributed by atoms with Crippen LogP contribution in [0.1, 0.15) is 0 Å². The fourth-order valence-electron chi connectivity index (χ4n) is 18.7. The van der Waals surface area contributed by atoms with E-state index in [1.807, 2.05) is 79.0 Å². The SMILES string of the molecule is c1ccc(-c2c3c4c(cccc4n2-c2ccccc2)-c2cccc4oc5cccc-3c5c24)cc1.c1ccc(-c2c3c4c(cccc4n2-c2ccccn2)-c2cccc4oc5cccc-3c5c24)cc1.c1ccc(-c2nc(-c3ccccc3)nc(-n3c(-c4ccccc4)c4c5c(cccc53)-c3cccc5oc6cccc-4c6c35)n2)cc1. The van der Waals surface area contributed by atoms with Gasteiger partial charge in [0, 0.05) is 88.2 Å². The Morgan fingerprint density at radius 3 is 0.842 bits per heavy atom. The molecule has 23 aromatic rings. The molecule has 0 amide bonds. The number of hydrogen-bond donors (Lipinski definition) is 0. The second kappa shape index (κ2) is 25.0. The smallest absolute Gasteiger partial charge is 0.238 e. The maximum absolute atomic E-state index is 6.45. The Balaban J connectivity index is 0.000000100. The van der Waals surface area contributed by atoms with Gasteiger partial charge in [-0.25, -0.2) is 9.97 Å². The third-order valence-electron chi connectivity index (χ3n) is 23.1. The minimum atomic E-state index is 0.568. The normalized spacial score (nSPS) is 12.0. The molecular weight excluding hydrogens is 1400 g/mol. The van der Waals surface area contributed by atoms with E-state index in [2.05, 4.69) is 305 Å². The molecule has 8 heterocycles.